The number of hydrogen-bond acceptors (Lipinski definition) is 3. The fraction of sp³-hybridized carbons (Fsp3) is 0.429. The van der Waals surface area contributed by atoms with E-state index in [-0.39, 0.29) is 6.54 Å². The SMILES string of the molecule is COc1cc(Br)cc(NC(=O)NCC2(C(=O)O)CCC2)c1. The molecule has 1 aliphatic rings. The molecular weight excluding hydrogens is 340 g/mol. The summed E-state index contributed by atoms with van der Waals surface area (Å²) in [6.07, 6.45) is 2.10. The monoisotopic (exact) mass is 356 g/mol. The van der Waals surface area contributed by atoms with E-state index >= 15 is 0 Å². The number of benzene rings is 1. The lowest BCUT2D eigenvalue weighted by Gasteiger charge is -2.37. The van der Waals surface area contributed by atoms with E-state index in [0.29, 0.717) is 24.3 Å². The van der Waals surface area contributed by atoms with Gasteiger partial charge in [-0.15, -0.1) is 0 Å². The molecule has 1 fully saturated rings. The highest BCUT2D eigenvalue weighted by atomic mass is 79.9. The molecule has 6 nitrogen and oxygen atoms in total. The standard InChI is InChI=1S/C14H17BrN2O4/c1-21-11-6-9(15)5-10(7-11)17-13(20)16-8-14(12(18)19)3-2-4-14/h5-7H,2-4,8H2,1H3,(H,18,19)(H2,16,17,20). The van der Waals surface area contributed by atoms with Crippen molar-refractivity contribution in [2.75, 3.05) is 19.0 Å². The Kier molecular flexibility index (Phi) is 4.72. The smallest absolute Gasteiger partial charge is 0.319 e. The highest BCUT2D eigenvalue weighted by molar-refractivity contribution is 9.10. The number of halogens is 1. The van der Waals surface area contributed by atoms with Gasteiger partial charge in [0, 0.05) is 22.8 Å². The number of anilines is 1. The van der Waals surface area contributed by atoms with Crippen LogP contribution in [0.1, 0.15) is 19.3 Å². The average molecular weight is 357 g/mol. The number of amides is 2. The number of carbonyl (C=O) groups is 2. The predicted octanol–water partition coefficient (Wildman–Crippen LogP) is 2.83. The van der Waals surface area contributed by atoms with Gasteiger partial charge in [0.1, 0.15) is 5.75 Å². The van der Waals surface area contributed by atoms with Crippen molar-refractivity contribution in [1.29, 1.82) is 0 Å². The first-order chi connectivity index (χ1) is 9.95. The van der Waals surface area contributed by atoms with Crippen LogP contribution in [0.25, 0.3) is 0 Å². The lowest BCUT2D eigenvalue weighted by molar-refractivity contribution is -0.153. The minimum Gasteiger partial charge on any atom is -0.497 e. The molecule has 114 valence electrons. The van der Waals surface area contributed by atoms with Gasteiger partial charge in [0.25, 0.3) is 0 Å². The van der Waals surface area contributed by atoms with Gasteiger partial charge in [-0.1, -0.05) is 22.4 Å². The molecule has 1 aliphatic carbocycles. The number of urea groups is 1. The Morgan fingerprint density at radius 3 is 2.62 bits per heavy atom. The summed E-state index contributed by atoms with van der Waals surface area (Å²) in [5.41, 5.74) is -0.233. The number of carboxylic acid groups (broad SMARTS) is 1. The molecule has 1 aromatic carbocycles. The first-order valence-electron chi connectivity index (χ1n) is 6.58. The molecule has 0 bridgehead atoms. The molecule has 7 heteroatoms. The molecule has 0 atom stereocenters. The van der Waals surface area contributed by atoms with Crippen LogP contribution in [0.4, 0.5) is 10.5 Å². The second-order valence-electron chi connectivity index (χ2n) is 5.13. The Morgan fingerprint density at radius 1 is 1.38 bits per heavy atom. The summed E-state index contributed by atoms with van der Waals surface area (Å²) < 4.78 is 5.89. The first-order valence-corrected chi connectivity index (χ1v) is 7.37. The summed E-state index contributed by atoms with van der Waals surface area (Å²) in [5.74, 6) is -0.237. The Labute approximate surface area is 131 Å². The molecule has 0 spiro atoms. The number of nitrogens with one attached hydrogen (secondary N) is 2. The Hall–Kier alpha value is -1.76. The molecular formula is C14H17BrN2O4. The van der Waals surface area contributed by atoms with Gasteiger partial charge in [0.15, 0.2) is 0 Å². The van der Waals surface area contributed by atoms with E-state index in [0.717, 1.165) is 10.9 Å². The van der Waals surface area contributed by atoms with Crippen LogP contribution in [-0.2, 0) is 4.79 Å². The van der Waals surface area contributed by atoms with Gasteiger partial charge in [-0.05, 0) is 25.0 Å². The van der Waals surface area contributed by atoms with Gasteiger partial charge in [0.2, 0.25) is 0 Å². The number of rotatable bonds is 5. The molecule has 0 heterocycles. The molecule has 0 aromatic heterocycles. The van der Waals surface area contributed by atoms with Crippen LogP contribution in [0.2, 0.25) is 0 Å². The minimum absolute atomic E-state index is 0.138. The third kappa shape index (κ3) is 3.66. The summed E-state index contributed by atoms with van der Waals surface area (Å²) >= 11 is 3.32. The Balaban J connectivity index is 1.93. The molecule has 3 N–H and O–H groups in total. The normalized spacial score (nSPS) is 15.7. The zero-order chi connectivity index (χ0) is 15.5. The van der Waals surface area contributed by atoms with E-state index in [1.807, 2.05) is 0 Å². The summed E-state index contributed by atoms with van der Waals surface area (Å²) in [7, 11) is 1.54. The second kappa shape index (κ2) is 6.34. The average Bonchev–Trinajstić information content (AvgIpc) is 2.36. The van der Waals surface area contributed by atoms with Crippen LogP contribution in [0.3, 0.4) is 0 Å². The van der Waals surface area contributed by atoms with Crippen LogP contribution < -0.4 is 15.4 Å². The highest BCUT2D eigenvalue weighted by Gasteiger charge is 2.44. The van der Waals surface area contributed by atoms with Gasteiger partial charge in [-0.25, -0.2) is 4.79 Å². The van der Waals surface area contributed by atoms with E-state index in [4.69, 9.17) is 4.74 Å². The fourth-order valence-electron chi connectivity index (χ4n) is 2.25. The third-order valence-electron chi connectivity index (χ3n) is 3.72. The zero-order valence-electron chi connectivity index (χ0n) is 11.6. The number of carboxylic acids is 1. The quantitative estimate of drug-likeness (QED) is 0.756. The largest absolute Gasteiger partial charge is 0.497 e. The van der Waals surface area contributed by atoms with Crippen molar-refractivity contribution < 1.29 is 19.4 Å². The van der Waals surface area contributed by atoms with Gasteiger partial charge >= 0.3 is 12.0 Å². The highest BCUT2D eigenvalue weighted by Crippen LogP contribution is 2.40. The molecule has 0 unspecified atom stereocenters. The van der Waals surface area contributed by atoms with Gasteiger partial charge in [-0.2, -0.15) is 0 Å². The van der Waals surface area contributed by atoms with E-state index < -0.39 is 17.4 Å². The number of ether oxygens (including phenoxy) is 1. The van der Waals surface area contributed by atoms with Crippen molar-refractivity contribution in [3.63, 3.8) is 0 Å². The zero-order valence-corrected chi connectivity index (χ0v) is 13.2. The maximum absolute atomic E-state index is 11.9. The molecule has 0 aliphatic heterocycles. The topological polar surface area (TPSA) is 87.7 Å². The minimum atomic E-state index is -0.849. The van der Waals surface area contributed by atoms with Crippen LogP contribution in [0.5, 0.6) is 5.75 Å². The lowest BCUT2D eigenvalue weighted by Crippen LogP contribution is -2.48. The van der Waals surface area contributed by atoms with Crippen molar-refractivity contribution in [3.8, 4) is 5.75 Å². The summed E-state index contributed by atoms with van der Waals surface area (Å²) in [4.78, 5) is 23.1. The van der Waals surface area contributed by atoms with E-state index in [2.05, 4.69) is 26.6 Å². The number of aliphatic carboxylic acids is 1. The van der Waals surface area contributed by atoms with Gasteiger partial charge in [-0.3, -0.25) is 4.79 Å². The van der Waals surface area contributed by atoms with Crippen molar-refractivity contribution in [2.45, 2.75) is 19.3 Å². The lowest BCUT2D eigenvalue weighted by atomic mass is 9.69. The molecule has 21 heavy (non-hydrogen) atoms. The summed E-state index contributed by atoms with van der Waals surface area (Å²) in [5, 5.41) is 14.5. The Morgan fingerprint density at radius 2 is 2.10 bits per heavy atom. The molecule has 0 saturated heterocycles. The number of hydrogen-bond donors (Lipinski definition) is 3. The van der Waals surface area contributed by atoms with Crippen LogP contribution in [0.15, 0.2) is 22.7 Å². The molecule has 1 aromatic rings. The third-order valence-corrected chi connectivity index (χ3v) is 4.17. The predicted molar refractivity (Wildman–Crippen MR) is 81.6 cm³/mol. The van der Waals surface area contributed by atoms with Crippen LogP contribution >= 0.6 is 15.9 Å². The first kappa shape index (κ1) is 15.6. The number of carbonyl (C=O) groups excluding carboxylic acids is 1. The maximum atomic E-state index is 11.9. The summed E-state index contributed by atoms with van der Waals surface area (Å²) in [6, 6.07) is 4.76. The van der Waals surface area contributed by atoms with Crippen LogP contribution in [0, 0.1) is 5.41 Å². The van der Waals surface area contributed by atoms with Crippen molar-refractivity contribution in [1.82, 2.24) is 5.32 Å². The Bertz CT molecular complexity index is 558. The van der Waals surface area contributed by atoms with Crippen molar-refractivity contribution in [2.24, 2.45) is 5.41 Å². The molecule has 2 amide bonds. The van der Waals surface area contributed by atoms with Gasteiger partial charge in [0.05, 0.1) is 12.5 Å². The molecule has 1 saturated carbocycles. The van der Waals surface area contributed by atoms with E-state index in [9.17, 15) is 14.7 Å². The van der Waals surface area contributed by atoms with E-state index in [1.165, 1.54) is 0 Å². The van der Waals surface area contributed by atoms with E-state index in [1.54, 1.807) is 25.3 Å². The number of methoxy groups -OCH3 is 1. The summed E-state index contributed by atoms with van der Waals surface area (Å²) in [6.45, 7) is 0.138. The maximum Gasteiger partial charge on any atom is 0.319 e. The molecule has 2 rings (SSSR count). The second-order valence-corrected chi connectivity index (χ2v) is 6.04. The fourth-order valence-corrected chi connectivity index (χ4v) is 2.72. The van der Waals surface area contributed by atoms with Crippen LogP contribution in [-0.4, -0.2) is 30.8 Å². The van der Waals surface area contributed by atoms with Crippen molar-refractivity contribution in [3.05, 3.63) is 22.7 Å². The van der Waals surface area contributed by atoms with Gasteiger partial charge < -0.3 is 20.5 Å². The van der Waals surface area contributed by atoms with Crippen molar-refractivity contribution >= 4 is 33.6 Å². The molecule has 0 radical (unpaired) electrons.